The van der Waals surface area contributed by atoms with Gasteiger partial charge in [-0.05, 0) is 19.8 Å². The summed E-state index contributed by atoms with van der Waals surface area (Å²) in [5, 5.41) is 0. The summed E-state index contributed by atoms with van der Waals surface area (Å²) in [6.07, 6.45) is 3.72. The van der Waals surface area contributed by atoms with Crippen LogP contribution in [0.5, 0.6) is 0 Å². The Bertz CT molecular complexity index is 308. The fraction of sp³-hybridized carbons (Fsp3) is 0.727. The van der Waals surface area contributed by atoms with E-state index in [1.165, 1.54) is 5.57 Å². The number of rotatable bonds is 0. The quantitative estimate of drug-likeness (QED) is 0.545. The van der Waals surface area contributed by atoms with Crippen molar-refractivity contribution in [3.63, 3.8) is 0 Å². The summed E-state index contributed by atoms with van der Waals surface area (Å²) in [6.45, 7) is 2.70. The molecule has 2 aliphatic heterocycles. The maximum atomic E-state index is 11.9. The van der Waals surface area contributed by atoms with Gasteiger partial charge < -0.3 is 9.47 Å². The van der Waals surface area contributed by atoms with Gasteiger partial charge in [0.2, 0.25) is 6.29 Å². The maximum absolute atomic E-state index is 11.9. The van der Waals surface area contributed by atoms with Crippen LogP contribution in [0, 0.1) is 11.8 Å². The van der Waals surface area contributed by atoms with Gasteiger partial charge >= 0.3 is 0 Å². The third kappa shape index (κ3) is 1.09. The Kier molecular flexibility index (Phi) is 1.79. The first-order chi connectivity index (χ1) is 6.75. The molecule has 76 valence electrons. The van der Waals surface area contributed by atoms with E-state index in [2.05, 4.69) is 13.0 Å². The van der Waals surface area contributed by atoms with Gasteiger partial charge in [0.1, 0.15) is 0 Å². The van der Waals surface area contributed by atoms with E-state index in [4.69, 9.17) is 9.47 Å². The number of fused-ring (bicyclic) bond motifs is 4. The molecular weight excluding hydrogens is 180 g/mol. The van der Waals surface area contributed by atoms with Gasteiger partial charge in [0.15, 0.2) is 5.78 Å². The van der Waals surface area contributed by atoms with Crippen LogP contribution in [0.2, 0.25) is 0 Å². The molecule has 0 spiro atoms. The first-order valence-electron chi connectivity index (χ1n) is 5.22. The lowest BCUT2D eigenvalue weighted by Crippen LogP contribution is -2.44. The third-order valence-corrected chi connectivity index (χ3v) is 3.58. The first kappa shape index (κ1) is 8.62. The van der Waals surface area contributed by atoms with Crippen LogP contribution < -0.4 is 0 Å². The maximum Gasteiger partial charge on any atom is 0.218 e. The minimum atomic E-state index is -0.549. The number of ether oxygens (including phenoxy) is 2. The van der Waals surface area contributed by atoms with E-state index in [9.17, 15) is 4.79 Å². The van der Waals surface area contributed by atoms with E-state index < -0.39 is 6.29 Å². The van der Waals surface area contributed by atoms with Crippen molar-refractivity contribution in [1.82, 2.24) is 0 Å². The van der Waals surface area contributed by atoms with Crippen molar-refractivity contribution in [3.8, 4) is 0 Å². The largest absolute Gasteiger partial charge is 0.343 e. The summed E-state index contributed by atoms with van der Waals surface area (Å²) >= 11 is 0. The van der Waals surface area contributed by atoms with Gasteiger partial charge in [0.05, 0.1) is 12.7 Å². The summed E-state index contributed by atoms with van der Waals surface area (Å²) in [4.78, 5) is 11.9. The predicted molar refractivity (Wildman–Crippen MR) is 49.6 cm³/mol. The van der Waals surface area contributed by atoms with Gasteiger partial charge in [-0.25, -0.2) is 0 Å². The molecule has 1 unspecified atom stereocenters. The fourth-order valence-electron chi connectivity index (χ4n) is 2.77. The number of carbonyl (C=O) groups is 1. The van der Waals surface area contributed by atoms with Crippen molar-refractivity contribution in [1.29, 1.82) is 0 Å². The average molecular weight is 194 g/mol. The van der Waals surface area contributed by atoms with Crippen LogP contribution >= 0.6 is 0 Å². The van der Waals surface area contributed by atoms with Gasteiger partial charge in [-0.1, -0.05) is 11.6 Å². The molecule has 0 N–H and O–H groups in total. The second-order valence-electron chi connectivity index (χ2n) is 4.50. The van der Waals surface area contributed by atoms with Gasteiger partial charge in [-0.2, -0.15) is 0 Å². The van der Waals surface area contributed by atoms with Crippen LogP contribution in [0.3, 0.4) is 0 Å². The first-order valence-corrected chi connectivity index (χ1v) is 5.22. The highest BCUT2D eigenvalue weighted by Crippen LogP contribution is 2.41. The predicted octanol–water partition coefficient (Wildman–Crippen LogP) is 1.28. The van der Waals surface area contributed by atoms with Gasteiger partial charge in [-0.3, -0.25) is 4.79 Å². The van der Waals surface area contributed by atoms with Crippen LogP contribution in [-0.2, 0) is 14.3 Å². The summed E-state index contributed by atoms with van der Waals surface area (Å²) in [6, 6.07) is 0. The molecule has 3 aliphatic rings. The summed E-state index contributed by atoms with van der Waals surface area (Å²) in [5.41, 5.74) is 1.33. The molecule has 0 amide bonds. The molecule has 2 heterocycles. The van der Waals surface area contributed by atoms with Crippen LogP contribution in [-0.4, -0.2) is 24.8 Å². The molecule has 4 atom stereocenters. The topological polar surface area (TPSA) is 35.5 Å². The molecule has 2 bridgehead atoms. The zero-order valence-corrected chi connectivity index (χ0v) is 8.23. The molecule has 0 aromatic heterocycles. The Hall–Kier alpha value is -0.670. The van der Waals surface area contributed by atoms with Crippen molar-refractivity contribution < 1.29 is 14.3 Å². The number of allylic oxidation sites excluding steroid dienone is 2. The van der Waals surface area contributed by atoms with Gasteiger partial charge in [-0.15, -0.1) is 0 Å². The van der Waals surface area contributed by atoms with Crippen molar-refractivity contribution in [2.75, 3.05) is 6.61 Å². The van der Waals surface area contributed by atoms with Gasteiger partial charge in [0.25, 0.3) is 0 Å². The second-order valence-corrected chi connectivity index (χ2v) is 4.50. The van der Waals surface area contributed by atoms with E-state index in [1.807, 2.05) is 0 Å². The monoisotopic (exact) mass is 194 g/mol. The standard InChI is InChI=1S/C11H14O3/c1-6-2-3-7-8(4-6)10(12)11-13-5-9(7)14-11/h2,7-9,11H,3-5H2,1H3/t7?,8-,9-,11-/m1/s1. The smallest absolute Gasteiger partial charge is 0.218 e. The molecule has 14 heavy (non-hydrogen) atoms. The Labute approximate surface area is 83.1 Å². The second kappa shape index (κ2) is 2.91. The van der Waals surface area contributed by atoms with E-state index >= 15 is 0 Å². The molecule has 2 fully saturated rings. The zero-order chi connectivity index (χ0) is 9.71. The molecule has 3 rings (SSSR count). The van der Waals surface area contributed by atoms with Crippen molar-refractivity contribution in [2.45, 2.75) is 32.2 Å². The molecule has 0 aromatic carbocycles. The minimum absolute atomic E-state index is 0.159. The molecule has 0 aromatic rings. The SMILES string of the molecule is CC1=CCC2[C@H]3CO[C@H](O3)C(=O)[C@@H]2C1. The third-order valence-electron chi connectivity index (χ3n) is 3.58. The van der Waals surface area contributed by atoms with Gasteiger partial charge in [0, 0.05) is 11.8 Å². The van der Waals surface area contributed by atoms with Crippen molar-refractivity contribution >= 4 is 5.78 Å². The molecule has 2 saturated heterocycles. The Balaban J connectivity index is 1.93. The summed E-state index contributed by atoms with van der Waals surface area (Å²) < 4.78 is 10.8. The molecule has 0 saturated carbocycles. The van der Waals surface area contributed by atoms with Crippen LogP contribution in [0.4, 0.5) is 0 Å². The highest BCUT2D eigenvalue weighted by atomic mass is 16.7. The van der Waals surface area contributed by atoms with E-state index in [0.29, 0.717) is 12.5 Å². The van der Waals surface area contributed by atoms with E-state index in [-0.39, 0.29) is 17.8 Å². The van der Waals surface area contributed by atoms with Crippen LogP contribution in [0.15, 0.2) is 11.6 Å². The lowest BCUT2D eigenvalue weighted by atomic mass is 9.74. The van der Waals surface area contributed by atoms with E-state index in [0.717, 1.165) is 12.8 Å². The average Bonchev–Trinajstić information content (AvgIpc) is 2.61. The van der Waals surface area contributed by atoms with Crippen LogP contribution in [0.1, 0.15) is 19.8 Å². The van der Waals surface area contributed by atoms with Crippen molar-refractivity contribution in [3.05, 3.63) is 11.6 Å². The number of carbonyl (C=O) groups excluding carboxylic acids is 1. The minimum Gasteiger partial charge on any atom is -0.343 e. The number of Topliss-reactive ketones (excluding diaryl/α,β-unsaturated/α-hetero) is 1. The fourth-order valence-corrected chi connectivity index (χ4v) is 2.77. The molecule has 1 aliphatic carbocycles. The Morgan fingerprint density at radius 1 is 1.50 bits per heavy atom. The number of hydrogen-bond acceptors (Lipinski definition) is 3. The summed E-state index contributed by atoms with van der Waals surface area (Å²) in [7, 11) is 0. The highest BCUT2D eigenvalue weighted by molar-refractivity contribution is 5.86. The highest BCUT2D eigenvalue weighted by Gasteiger charge is 2.49. The lowest BCUT2D eigenvalue weighted by Gasteiger charge is -2.36. The normalized spacial score (nSPS) is 46.1. The lowest BCUT2D eigenvalue weighted by molar-refractivity contribution is -0.165. The van der Waals surface area contributed by atoms with E-state index in [1.54, 1.807) is 0 Å². The van der Waals surface area contributed by atoms with Crippen molar-refractivity contribution in [2.24, 2.45) is 11.8 Å². The molecular formula is C11H14O3. The molecule has 3 heteroatoms. The zero-order valence-electron chi connectivity index (χ0n) is 8.23. The summed E-state index contributed by atoms with van der Waals surface area (Å²) in [5.74, 6) is 0.687. The van der Waals surface area contributed by atoms with Crippen LogP contribution in [0.25, 0.3) is 0 Å². The number of ketones is 1. The number of hydrogen-bond donors (Lipinski definition) is 0. The molecule has 0 radical (unpaired) electrons. The Morgan fingerprint density at radius 2 is 2.36 bits per heavy atom. The Morgan fingerprint density at radius 3 is 3.21 bits per heavy atom. The molecule has 3 nitrogen and oxygen atoms in total.